The topological polar surface area (TPSA) is 66.0 Å². The summed E-state index contributed by atoms with van der Waals surface area (Å²) in [6.07, 6.45) is 6.91. The highest BCUT2D eigenvalue weighted by Crippen LogP contribution is 2.34. The fraction of sp³-hybridized carbons (Fsp3) is 0.263. The molecule has 0 unspecified atom stereocenters. The second kappa shape index (κ2) is 5.60. The van der Waals surface area contributed by atoms with Crippen molar-refractivity contribution in [2.75, 3.05) is 0 Å². The molecule has 5 heteroatoms. The zero-order valence-corrected chi connectivity index (χ0v) is 14.5. The number of aromatic hydroxyl groups is 1. The van der Waals surface area contributed by atoms with Crippen molar-refractivity contribution >= 4 is 33.7 Å². The molecule has 3 aromatic rings. The lowest BCUT2D eigenvalue weighted by Crippen LogP contribution is -2.09. The number of fused-ring (bicyclic) bond motifs is 3. The summed E-state index contributed by atoms with van der Waals surface area (Å²) in [5.74, 6) is 0.893. The van der Waals surface area contributed by atoms with E-state index in [9.17, 15) is 9.90 Å². The van der Waals surface area contributed by atoms with E-state index in [4.69, 9.17) is 0 Å². The first kappa shape index (κ1) is 15.1. The highest BCUT2D eigenvalue weighted by molar-refractivity contribution is 7.18. The molecule has 122 valence electrons. The van der Waals surface area contributed by atoms with Gasteiger partial charge in [-0.25, -0.2) is 4.98 Å². The Morgan fingerprint density at radius 2 is 1.96 bits per heavy atom. The Morgan fingerprint density at radius 1 is 1.21 bits per heavy atom. The fourth-order valence-corrected chi connectivity index (χ4v) is 4.63. The maximum atomic E-state index is 12.4. The molecule has 4 nitrogen and oxygen atoms in total. The van der Waals surface area contributed by atoms with Gasteiger partial charge < -0.3 is 10.1 Å². The smallest absolute Gasteiger partial charge is 0.260 e. The minimum Gasteiger partial charge on any atom is -0.507 e. The number of hydrogen-bond acceptors (Lipinski definition) is 4. The normalized spacial score (nSPS) is 13.9. The second-order valence-corrected chi connectivity index (χ2v) is 7.41. The van der Waals surface area contributed by atoms with E-state index in [0.717, 1.165) is 46.2 Å². The fourth-order valence-electron chi connectivity index (χ4n) is 3.36. The van der Waals surface area contributed by atoms with E-state index in [0.29, 0.717) is 11.6 Å². The van der Waals surface area contributed by atoms with E-state index in [1.165, 1.54) is 10.4 Å². The average molecular weight is 338 g/mol. The highest BCUT2D eigenvalue weighted by Gasteiger charge is 2.20. The summed E-state index contributed by atoms with van der Waals surface area (Å²) in [7, 11) is 0. The Balaban J connectivity index is 1.74. The molecule has 0 aliphatic heterocycles. The van der Waals surface area contributed by atoms with E-state index in [1.54, 1.807) is 11.3 Å². The van der Waals surface area contributed by atoms with Crippen LogP contribution in [0.3, 0.4) is 0 Å². The Bertz CT molecular complexity index is 1020. The number of H-pyrrole nitrogens is 1. The van der Waals surface area contributed by atoms with Crippen molar-refractivity contribution in [3.8, 4) is 5.75 Å². The third kappa shape index (κ3) is 2.45. The summed E-state index contributed by atoms with van der Waals surface area (Å²) in [6, 6.07) is 3.82. The van der Waals surface area contributed by atoms with Crippen LogP contribution >= 0.6 is 11.3 Å². The van der Waals surface area contributed by atoms with Gasteiger partial charge in [0.25, 0.3) is 5.56 Å². The molecular formula is C19H18N2O2S. The third-order valence-electron chi connectivity index (χ3n) is 4.54. The van der Waals surface area contributed by atoms with Gasteiger partial charge in [-0.05, 0) is 73.6 Å². The number of nitrogens with one attached hydrogen (secondary N) is 1. The van der Waals surface area contributed by atoms with Crippen molar-refractivity contribution in [3.05, 3.63) is 55.4 Å². The first-order chi connectivity index (χ1) is 11.5. The van der Waals surface area contributed by atoms with Gasteiger partial charge in [-0.2, -0.15) is 0 Å². The second-order valence-electron chi connectivity index (χ2n) is 6.33. The molecule has 1 aliphatic rings. The van der Waals surface area contributed by atoms with Gasteiger partial charge >= 0.3 is 0 Å². The monoisotopic (exact) mass is 338 g/mol. The van der Waals surface area contributed by atoms with Crippen LogP contribution in [0.1, 0.15) is 39.4 Å². The van der Waals surface area contributed by atoms with Crippen LogP contribution in [0.15, 0.2) is 16.9 Å². The molecule has 0 amide bonds. The lowest BCUT2D eigenvalue weighted by molar-refractivity contribution is 0.467. The molecule has 0 spiro atoms. The van der Waals surface area contributed by atoms with Gasteiger partial charge in [-0.1, -0.05) is 6.08 Å². The van der Waals surface area contributed by atoms with E-state index in [-0.39, 0.29) is 5.56 Å². The van der Waals surface area contributed by atoms with Gasteiger partial charge in [0.15, 0.2) is 0 Å². The van der Waals surface area contributed by atoms with Crippen molar-refractivity contribution in [3.63, 3.8) is 0 Å². The molecule has 0 fully saturated rings. The predicted molar refractivity (Wildman–Crippen MR) is 98.8 cm³/mol. The Hall–Kier alpha value is -2.40. The van der Waals surface area contributed by atoms with Crippen LogP contribution in [0.4, 0.5) is 0 Å². The molecule has 0 radical (unpaired) electrons. The van der Waals surface area contributed by atoms with Gasteiger partial charge in [0.1, 0.15) is 16.4 Å². The van der Waals surface area contributed by atoms with Crippen LogP contribution in [0, 0.1) is 13.8 Å². The molecule has 0 saturated heterocycles. The van der Waals surface area contributed by atoms with Crippen LogP contribution in [-0.4, -0.2) is 15.1 Å². The zero-order chi connectivity index (χ0) is 16.8. The van der Waals surface area contributed by atoms with Gasteiger partial charge in [0.05, 0.1) is 5.39 Å². The summed E-state index contributed by atoms with van der Waals surface area (Å²) in [5.41, 5.74) is 3.79. The Kier molecular flexibility index (Phi) is 3.53. The third-order valence-corrected chi connectivity index (χ3v) is 5.73. The lowest BCUT2D eigenvalue weighted by atomic mass is 10.1. The molecule has 0 saturated carbocycles. The molecule has 24 heavy (non-hydrogen) atoms. The van der Waals surface area contributed by atoms with Gasteiger partial charge in [0.2, 0.25) is 0 Å². The van der Waals surface area contributed by atoms with Crippen LogP contribution in [0.2, 0.25) is 0 Å². The summed E-state index contributed by atoms with van der Waals surface area (Å²) >= 11 is 1.65. The molecular weight excluding hydrogens is 320 g/mol. The van der Waals surface area contributed by atoms with Crippen LogP contribution in [0.25, 0.3) is 22.4 Å². The first-order valence-corrected chi connectivity index (χ1v) is 8.87. The molecule has 1 aromatic carbocycles. The van der Waals surface area contributed by atoms with E-state index in [2.05, 4.69) is 9.97 Å². The number of hydrogen-bond donors (Lipinski definition) is 2. The molecule has 2 N–H and O–H groups in total. The highest BCUT2D eigenvalue weighted by atomic mass is 32.1. The van der Waals surface area contributed by atoms with Crippen LogP contribution in [0.5, 0.6) is 5.75 Å². The maximum Gasteiger partial charge on any atom is 0.260 e. The average Bonchev–Trinajstić information content (AvgIpc) is 3.10. The molecule has 2 heterocycles. The molecule has 0 atom stereocenters. The summed E-state index contributed by atoms with van der Waals surface area (Å²) < 4.78 is 0. The number of phenolic OH excluding ortho intramolecular Hbond substituents is 1. The van der Waals surface area contributed by atoms with Crippen molar-refractivity contribution < 1.29 is 5.11 Å². The zero-order valence-electron chi connectivity index (χ0n) is 13.6. The SMILES string of the molecule is Cc1cc(/C=C/c2nc3sc4c(c3c(=O)[nH]2)CCC4)cc(C)c1O. The number of aryl methyl sites for hydroxylation is 4. The van der Waals surface area contributed by atoms with Crippen LogP contribution in [-0.2, 0) is 12.8 Å². The van der Waals surface area contributed by atoms with E-state index < -0.39 is 0 Å². The van der Waals surface area contributed by atoms with Crippen molar-refractivity contribution in [1.29, 1.82) is 0 Å². The van der Waals surface area contributed by atoms with Gasteiger partial charge in [-0.15, -0.1) is 11.3 Å². The number of aromatic amines is 1. The minimum atomic E-state index is -0.0443. The minimum absolute atomic E-state index is 0.0443. The Labute approximate surface area is 143 Å². The number of phenols is 1. The molecule has 0 bridgehead atoms. The number of aromatic nitrogens is 2. The standard InChI is InChI=1S/C19H18N2O2S/c1-10-8-12(9-11(2)17(10)22)6-7-15-20-18(23)16-13-4-3-5-14(13)24-19(16)21-15/h6-9,22H,3-5H2,1-2H3,(H,20,21,23)/b7-6+. The number of rotatable bonds is 2. The maximum absolute atomic E-state index is 12.4. The van der Waals surface area contributed by atoms with Crippen molar-refractivity contribution in [2.24, 2.45) is 0 Å². The van der Waals surface area contributed by atoms with Crippen molar-refractivity contribution in [2.45, 2.75) is 33.1 Å². The predicted octanol–water partition coefficient (Wildman–Crippen LogP) is 3.97. The molecule has 4 rings (SSSR count). The number of benzene rings is 1. The molecule has 1 aliphatic carbocycles. The molecule has 2 aromatic heterocycles. The van der Waals surface area contributed by atoms with Crippen molar-refractivity contribution in [1.82, 2.24) is 9.97 Å². The lowest BCUT2D eigenvalue weighted by Gasteiger charge is -2.04. The summed E-state index contributed by atoms with van der Waals surface area (Å²) in [6.45, 7) is 3.75. The largest absolute Gasteiger partial charge is 0.507 e. The Morgan fingerprint density at radius 3 is 2.71 bits per heavy atom. The quantitative estimate of drug-likeness (QED) is 0.743. The summed E-state index contributed by atoms with van der Waals surface area (Å²) in [5, 5.41) is 10.6. The number of nitrogens with zero attached hydrogens (tertiary/aromatic N) is 1. The first-order valence-electron chi connectivity index (χ1n) is 8.06. The van der Waals surface area contributed by atoms with E-state index in [1.807, 2.05) is 38.1 Å². The van der Waals surface area contributed by atoms with Gasteiger partial charge in [0, 0.05) is 4.88 Å². The van der Waals surface area contributed by atoms with E-state index >= 15 is 0 Å². The van der Waals surface area contributed by atoms with Gasteiger partial charge in [-0.3, -0.25) is 4.79 Å². The number of thiophene rings is 1. The summed E-state index contributed by atoms with van der Waals surface area (Å²) in [4.78, 5) is 22.1. The van der Waals surface area contributed by atoms with Crippen LogP contribution < -0.4 is 5.56 Å².